The maximum atomic E-state index is 11.0. The lowest BCUT2D eigenvalue weighted by atomic mass is 10.1. The van der Waals surface area contributed by atoms with Crippen LogP contribution < -0.4 is 9.80 Å². The minimum atomic E-state index is -0.862. The molecule has 2 heterocycles. The van der Waals surface area contributed by atoms with Crippen LogP contribution in [-0.2, 0) is 0 Å². The van der Waals surface area contributed by atoms with Gasteiger partial charge in [-0.15, -0.1) is 11.3 Å². The van der Waals surface area contributed by atoms with Crippen molar-refractivity contribution in [1.82, 2.24) is 0 Å². The van der Waals surface area contributed by atoms with E-state index in [-0.39, 0.29) is 0 Å². The summed E-state index contributed by atoms with van der Waals surface area (Å²) < 4.78 is 0. The number of anilines is 3. The van der Waals surface area contributed by atoms with Crippen molar-refractivity contribution >= 4 is 34.4 Å². The monoisotopic (exact) mass is 274 g/mol. The van der Waals surface area contributed by atoms with E-state index in [1.165, 1.54) is 17.0 Å². The van der Waals surface area contributed by atoms with Gasteiger partial charge in [-0.2, -0.15) is 0 Å². The zero-order valence-corrected chi connectivity index (χ0v) is 11.4. The van der Waals surface area contributed by atoms with E-state index in [0.29, 0.717) is 4.88 Å². The number of rotatable bonds is 2. The smallest absolute Gasteiger partial charge is 0.345 e. The third-order valence-electron chi connectivity index (χ3n) is 3.35. The Labute approximate surface area is 115 Å². The Morgan fingerprint density at radius 3 is 2.68 bits per heavy atom. The molecule has 0 fully saturated rings. The summed E-state index contributed by atoms with van der Waals surface area (Å²) in [4.78, 5) is 15.8. The van der Waals surface area contributed by atoms with Crippen molar-refractivity contribution in [3.8, 4) is 0 Å². The first-order valence-corrected chi connectivity index (χ1v) is 6.94. The second-order valence-electron chi connectivity index (χ2n) is 4.54. The molecule has 0 aliphatic carbocycles. The van der Waals surface area contributed by atoms with Gasteiger partial charge >= 0.3 is 5.97 Å². The molecule has 3 rings (SSSR count). The number of likely N-dealkylation sites (N-methyl/N-ethyl adjacent to an activating group) is 1. The second-order valence-corrected chi connectivity index (χ2v) is 5.45. The summed E-state index contributed by atoms with van der Waals surface area (Å²) in [5.41, 5.74) is 3.27. The third kappa shape index (κ3) is 2.06. The Morgan fingerprint density at radius 2 is 2.00 bits per heavy atom. The number of carboxylic acids is 1. The highest BCUT2D eigenvalue weighted by Crippen LogP contribution is 2.38. The molecule has 0 amide bonds. The van der Waals surface area contributed by atoms with Crippen LogP contribution in [0.15, 0.2) is 35.7 Å². The predicted octanol–water partition coefficient (Wildman–Crippen LogP) is 3.03. The Balaban J connectivity index is 2.02. The second kappa shape index (κ2) is 4.59. The van der Waals surface area contributed by atoms with Crippen molar-refractivity contribution in [1.29, 1.82) is 0 Å². The average molecular weight is 274 g/mol. The lowest BCUT2D eigenvalue weighted by Gasteiger charge is -2.36. The number of hydrogen-bond acceptors (Lipinski definition) is 4. The Hall–Kier alpha value is -2.01. The van der Waals surface area contributed by atoms with Crippen LogP contribution >= 0.6 is 11.3 Å². The lowest BCUT2D eigenvalue weighted by Crippen LogP contribution is -2.36. The van der Waals surface area contributed by atoms with Gasteiger partial charge in [-0.1, -0.05) is 12.1 Å². The molecule has 0 unspecified atom stereocenters. The molecule has 0 spiro atoms. The van der Waals surface area contributed by atoms with Crippen molar-refractivity contribution in [3.63, 3.8) is 0 Å². The summed E-state index contributed by atoms with van der Waals surface area (Å²) in [6.07, 6.45) is 0. The van der Waals surface area contributed by atoms with Gasteiger partial charge in [0.1, 0.15) is 4.88 Å². The predicted molar refractivity (Wildman–Crippen MR) is 78.0 cm³/mol. The van der Waals surface area contributed by atoms with Crippen molar-refractivity contribution in [2.45, 2.75) is 0 Å². The van der Waals surface area contributed by atoms with Gasteiger partial charge in [0.15, 0.2) is 0 Å². The number of hydrogen-bond donors (Lipinski definition) is 1. The number of carboxylic acid groups (broad SMARTS) is 1. The quantitative estimate of drug-likeness (QED) is 0.914. The molecule has 1 aliphatic heterocycles. The maximum Gasteiger partial charge on any atom is 0.345 e. The summed E-state index contributed by atoms with van der Waals surface area (Å²) in [5.74, 6) is -0.862. The molecule has 1 aliphatic rings. The SMILES string of the molecule is CN1CCN(c2csc(C(=O)O)c2)c2ccccc21. The molecular weight excluding hydrogens is 260 g/mol. The highest BCUT2D eigenvalue weighted by Gasteiger charge is 2.22. The molecular formula is C14H14N2O2S. The van der Waals surface area contributed by atoms with Crippen molar-refractivity contribution in [2.75, 3.05) is 29.9 Å². The first-order valence-electron chi connectivity index (χ1n) is 6.06. The molecule has 0 bridgehead atoms. The van der Waals surface area contributed by atoms with Crippen molar-refractivity contribution in [2.24, 2.45) is 0 Å². The van der Waals surface area contributed by atoms with E-state index in [2.05, 4.69) is 29.0 Å². The summed E-state index contributed by atoms with van der Waals surface area (Å²) >= 11 is 1.27. The van der Waals surface area contributed by atoms with E-state index in [9.17, 15) is 4.79 Å². The van der Waals surface area contributed by atoms with Crippen LogP contribution in [0.2, 0.25) is 0 Å². The largest absolute Gasteiger partial charge is 0.477 e. The zero-order valence-electron chi connectivity index (χ0n) is 10.5. The molecule has 1 aromatic heterocycles. The number of aromatic carboxylic acids is 1. The average Bonchev–Trinajstić information content (AvgIpc) is 2.89. The molecule has 4 nitrogen and oxygen atoms in total. The van der Waals surface area contributed by atoms with Crippen LogP contribution in [0.4, 0.5) is 17.1 Å². The van der Waals surface area contributed by atoms with Gasteiger partial charge in [0, 0.05) is 25.5 Å². The molecule has 1 N–H and O–H groups in total. The van der Waals surface area contributed by atoms with Crippen LogP contribution in [0.1, 0.15) is 9.67 Å². The number of benzene rings is 1. The maximum absolute atomic E-state index is 11.0. The fourth-order valence-electron chi connectivity index (χ4n) is 2.35. The van der Waals surface area contributed by atoms with Crippen LogP contribution in [0, 0.1) is 0 Å². The van der Waals surface area contributed by atoms with Gasteiger partial charge in [0.05, 0.1) is 17.1 Å². The van der Waals surface area contributed by atoms with E-state index in [4.69, 9.17) is 5.11 Å². The first kappa shape index (κ1) is 12.0. The third-order valence-corrected chi connectivity index (χ3v) is 4.26. The fourth-order valence-corrected chi connectivity index (χ4v) is 3.09. The molecule has 2 aromatic rings. The molecule has 19 heavy (non-hydrogen) atoms. The summed E-state index contributed by atoms with van der Waals surface area (Å²) in [6.45, 7) is 1.79. The summed E-state index contributed by atoms with van der Waals surface area (Å²) in [6, 6.07) is 9.94. The Morgan fingerprint density at radius 1 is 1.26 bits per heavy atom. The highest BCUT2D eigenvalue weighted by atomic mass is 32.1. The normalized spacial score (nSPS) is 14.4. The van der Waals surface area contributed by atoms with Crippen LogP contribution in [-0.4, -0.2) is 31.2 Å². The van der Waals surface area contributed by atoms with Crippen LogP contribution in [0.3, 0.4) is 0 Å². The molecule has 0 radical (unpaired) electrons. The van der Waals surface area contributed by atoms with Crippen LogP contribution in [0.5, 0.6) is 0 Å². The van der Waals surface area contributed by atoms with E-state index in [1.54, 1.807) is 6.07 Å². The molecule has 98 valence electrons. The zero-order chi connectivity index (χ0) is 13.4. The Bertz CT molecular complexity index is 623. The van der Waals surface area contributed by atoms with Gasteiger partial charge in [-0.05, 0) is 18.2 Å². The number of thiophene rings is 1. The fraction of sp³-hybridized carbons (Fsp3) is 0.214. The minimum absolute atomic E-state index is 0.381. The summed E-state index contributed by atoms with van der Waals surface area (Å²) in [5, 5.41) is 10.9. The first-order chi connectivity index (χ1) is 9.16. The van der Waals surface area contributed by atoms with E-state index in [1.807, 2.05) is 17.5 Å². The number of fused-ring (bicyclic) bond motifs is 1. The minimum Gasteiger partial charge on any atom is -0.477 e. The lowest BCUT2D eigenvalue weighted by molar-refractivity contribution is 0.0702. The number of carbonyl (C=O) groups is 1. The van der Waals surface area contributed by atoms with Crippen molar-refractivity contribution < 1.29 is 9.90 Å². The van der Waals surface area contributed by atoms with Gasteiger partial charge in [-0.25, -0.2) is 4.79 Å². The van der Waals surface area contributed by atoms with Crippen molar-refractivity contribution in [3.05, 3.63) is 40.6 Å². The summed E-state index contributed by atoms with van der Waals surface area (Å²) in [7, 11) is 2.08. The molecule has 0 saturated heterocycles. The number of nitrogens with zero attached hydrogens (tertiary/aromatic N) is 2. The van der Waals surface area contributed by atoms with E-state index < -0.39 is 5.97 Å². The van der Waals surface area contributed by atoms with Gasteiger partial charge < -0.3 is 14.9 Å². The number of para-hydroxylation sites is 2. The van der Waals surface area contributed by atoms with Gasteiger partial charge in [-0.3, -0.25) is 0 Å². The highest BCUT2D eigenvalue weighted by molar-refractivity contribution is 7.12. The topological polar surface area (TPSA) is 43.8 Å². The van der Waals surface area contributed by atoms with E-state index >= 15 is 0 Å². The standard InChI is InChI=1S/C14H14N2O2S/c1-15-6-7-16(12-5-3-2-4-11(12)15)10-8-13(14(17)18)19-9-10/h2-5,8-9H,6-7H2,1H3,(H,17,18). The molecule has 0 saturated carbocycles. The Kier molecular flexibility index (Phi) is 2.91. The molecule has 0 atom stereocenters. The van der Waals surface area contributed by atoms with Crippen LogP contribution in [0.25, 0.3) is 0 Å². The molecule has 1 aromatic carbocycles. The van der Waals surface area contributed by atoms with Gasteiger partial charge in [0.2, 0.25) is 0 Å². The molecule has 5 heteroatoms. The van der Waals surface area contributed by atoms with E-state index in [0.717, 1.165) is 24.5 Å². The van der Waals surface area contributed by atoms with Gasteiger partial charge in [0.25, 0.3) is 0 Å².